The molecule has 0 atom stereocenters. The standard InChI is InChI=1S/C18H20FNO2/c1-14-6-9-16(10-7-14)22-13-12-20-18(21)11-8-15-4-2-3-5-17(15)19/h2-7,9-10H,8,11-13H2,1H3,(H,20,21). The monoisotopic (exact) mass is 301 g/mol. The van der Waals surface area contributed by atoms with Gasteiger partial charge in [-0.1, -0.05) is 35.9 Å². The van der Waals surface area contributed by atoms with E-state index in [1.165, 1.54) is 11.6 Å². The number of rotatable bonds is 7. The van der Waals surface area contributed by atoms with Crippen LogP contribution in [0.1, 0.15) is 17.5 Å². The van der Waals surface area contributed by atoms with Crippen molar-refractivity contribution in [2.75, 3.05) is 13.2 Å². The summed E-state index contributed by atoms with van der Waals surface area (Å²) in [6.45, 7) is 2.86. The van der Waals surface area contributed by atoms with E-state index >= 15 is 0 Å². The first-order chi connectivity index (χ1) is 10.6. The maximum Gasteiger partial charge on any atom is 0.220 e. The molecule has 0 unspecified atom stereocenters. The number of carbonyl (C=O) groups is 1. The van der Waals surface area contributed by atoms with E-state index in [1.807, 2.05) is 31.2 Å². The summed E-state index contributed by atoms with van der Waals surface area (Å²) in [7, 11) is 0. The molecule has 2 rings (SSSR count). The minimum Gasteiger partial charge on any atom is -0.492 e. The zero-order chi connectivity index (χ0) is 15.8. The molecule has 0 radical (unpaired) electrons. The van der Waals surface area contributed by atoms with E-state index in [9.17, 15) is 9.18 Å². The fraction of sp³-hybridized carbons (Fsp3) is 0.278. The number of hydrogen-bond acceptors (Lipinski definition) is 2. The van der Waals surface area contributed by atoms with Gasteiger partial charge in [0.2, 0.25) is 5.91 Å². The normalized spacial score (nSPS) is 10.3. The molecular weight excluding hydrogens is 281 g/mol. The molecule has 2 aromatic rings. The van der Waals surface area contributed by atoms with Gasteiger partial charge in [0.25, 0.3) is 0 Å². The predicted molar refractivity (Wildman–Crippen MR) is 84.4 cm³/mol. The number of benzene rings is 2. The van der Waals surface area contributed by atoms with E-state index in [4.69, 9.17) is 4.74 Å². The Hall–Kier alpha value is -2.36. The average Bonchev–Trinajstić information content (AvgIpc) is 2.52. The molecule has 0 aromatic heterocycles. The number of ether oxygens (including phenoxy) is 1. The van der Waals surface area contributed by atoms with Gasteiger partial charge in [-0.25, -0.2) is 4.39 Å². The summed E-state index contributed by atoms with van der Waals surface area (Å²) < 4.78 is 18.9. The lowest BCUT2D eigenvalue weighted by Gasteiger charge is -2.08. The second kappa shape index (κ2) is 8.17. The van der Waals surface area contributed by atoms with Crippen molar-refractivity contribution in [2.45, 2.75) is 19.8 Å². The number of carbonyl (C=O) groups excluding carboxylic acids is 1. The number of nitrogens with one attached hydrogen (secondary N) is 1. The van der Waals surface area contributed by atoms with Gasteiger partial charge < -0.3 is 10.1 Å². The Labute approximate surface area is 130 Å². The third-order valence-electron chi connectivity index (χ3n) is 3.29. The largest absolute Gasteiger partial charge is 0.492 e. The lowest BCUT2D eigenvalue weighted by molar-refractivity contribution is -0.121. The van der Waals surface area contributed by atoms with Crippen LogP contribution in [0.25, 0.3) is 0 Å². The van der Waals surface area contributed by atoms with Crippen LogP contribution in [0.3, 0.4) is 0 Å². The van der Waals surface area contributed by atoms with Crippen molar-refractivity contribution in [3.8, 4) is 5.75 Å². The third-order valence-corrected chi connectivity index (χ3v) is 3.29. The van der Waals surface area contributed by atoms with Gasteiger partial charge in [0.15, 0.2) is 0 Å². The van der Waals surface area contributed by atoms with Crippen molar-refractivity contribution in [3.05, 3.63) is 65.5 Å². The van der Waals surface area contributed by atoms with E-state index in [-0.39, 0.29) is 18.1 Å². The van der Waals surface area contributed by atoms with Gasteiger partial charge in [-0.3, -0.25) is 4.79 Å². The molecule has 0 fully saturated rings. The molecule has 3 nitrogen and oxygen atoms in total. The molecule has 0 aliphatic heterocycles. The molecule has 116 valence electrons. The van der Waals surface area contributed by atoms with Crippen LogP contribution in [0.15, 0.2) is 48.5 Å². The van der Waals surface area contributed by atoms with Crippen LogP contribution >= 0.6 is 0 Å². The number of aryl methyl sites for hydroxylation is 2. The summed E-state index contributed by atoms with van der Waals surface area (Å²) in [6.07, 6.45) is 0.669. The van der Waals surface area contributed by atoms with Crippen LogP contribution in [-0.2, 0) is 11.2 Å². The van der Waals surface area contributed by atoms with Crippen LogP contribution in [0.5, 0.6) is 5.75 Å². The zero-order valence-corrected chi connectivity index (χ0v) is 12.6. The first kappa shape index (κ1) is 16.0. The van der Waals surface area contributed by atoms with Gasteiger partial charge in [0.1, 0.15) is 18.2 Å². The Morgan fingerprint density at radius 3 is 2.59 bits per heavy atom. The quantitative estimate of drug-likeness (QED) is 0.797. The highest BCUT2D eigenvalue weighted by Crippen LogP contribution is 2.11. The van der Waals surface area contributed by atoms with E-state index in [1.54, 1.807) is 18.2 Å². The molecular formula is C18H20FNO2. The van der Waals surface area contributed by atoms with Gasteiger partial charge in [-0.2, -0.15) is 0 Å². The molecule has 1 N–H and O–H groups in total. The topological polar surface area (TPSA) is 38.3 Å². The Morgan fingerprint density at radius 1 is 1.14 bits per heavy atom. The van der Waals surface area contributed by atoms with Crippen molar-refractivity contribution in [1.82, 2.24) is 5.32 Å². The minimum absolute atomic E-state index is 0.101. The molecule has 0 aliphatic rings. The number of halogens is 1. The van der Waals surface area contributed by atoms with Gasteiger partial charge >= 0.3 is 0 Å². The highest BCUT2D eigenvalue weighted by atomic mass is 19.1. The maximum absolute atomic E-state index is 13.4. The van der Waals surface area contributed by atoms with E-state index in [0.717, 1.165) is 5.75 Å². The molecule has 0 saturated carbocycles. The molecule has 0 heterocycles. The predicted octanol–water partition coefficient (Wildman–Crippen LogP) is 3.26. The molecule has 1 amide bonds. The minimum atomic E-state index is -0.266. The molecule has 22 heavy (non-hydrogen) atoms. The van der Waals surface area contributed by atoms with Crippen molar-refractivity contribution in [3.63, 3.8) is 0 Å². The van der Waals surface area contributed by atoms with Gasteiger partial charge in [-0.05, 0) is 37.1 Å². The van der Waals surface area contributed by atoms with E-state index in [2.05, 4.69) is 5.32 Å². The molecule has 2 aromatic carbocycles. The summed E-state index contributed by atoms with van der Waals surface area (Å²) in [6, 6.07) is 14.3. The van der Waals surface area contributed by atoms with E-state index in [0.29, 0.717) is 25.1 Å². The Kier molecular flexibility index (Phi) is 5.95. The molecule has 0 aliphatic carbocycles. The Balaban J connectivity index is 1.64. The van der Waals surface area contributed by atoms with Crippen LogP contribution in [-0.4, -0.2) is 19.1 Å². The lowest BCUT2D eigenvalue weighted by Crippen LogP contribution is -2.28. The average molecular weight is 301 g/mol. The fourth-order valence-corrected chi connectivity index (χ4v) is 2.03. The summed E-state index contributed by atoms with van der Waals surface area (Å²) >= 11 is 0. The van der Waals surface area contributed by atoms with Crippen molar-refractivity contribution in [1.29, 1.82) is 0 Å². The summed E-state index contributed by atoms with van der Waals surface area (Å²) in [5.41, 5.74) is 1.74. The first-order valence-corrected chi connectivity index (χ1v) is 7.35. The van der Waals surface area contributed by atoms with E-state index < -0.39 is 0 Å². The van der Waals surface area contributed by atoms with Gasteiger partial charge in [0, 0.05) is 6.42 Å². The Morgan fingerprint density at radius 2 is 1.86 bits per heavy atom. The highest BCUT2D eigenvalue weighted by molar-refractivity contribution is 5.76. The second-order valence-corrected chi connectivity index (χ2v) is 5.10. The number of amides is 1. The molecule has 0 saturated heterocycles. The third kappa shape index (κ3) is 5.20. The van der Waals surface area contributed by atoms with Crippen LogP contribution in [0.4, 0.5) is 4.39 Å². The van der Waals surface area contributed by atoms with Crippen molar-refractivity contribution >= 4 is 5.91 Å². The first-order valence-electron chi connectivity index (χ1n) is 7.35. The summed E-state index contributed by atoms with van der Waals surface area (Å²) in [5, 5.41) is 2.77. The van der Waals surface area contributed by atoms with Crippen molar-refractivity contribution < 1.29 is 13.9 Å². The van der Waals surface area contributed by atoms with Crippen molar-refractivity contribution in [2.24, 2.45) is 0 Å². The highest BCUT2D eigenvalue weighted by Gasteiger charge is 2.05. The van der Waals surface area contributed by atoms with Gasteiger partial charge in [0.05, 0.1) is 6.54 Å². The SMILES string of the molecule is Cc1ccc(OCCNC(=O)CCc2ccccc2F)cc1. The van der Waals surface area contributed by atoms with Crippen LogP contribution < -0.4 is 10.1 Å². The summed E-state index contributed by atoms with van der Waals surface area (Å²) in [5.74, 6) is 0.417. The zero-order valence-electron chi connectivity index (χ0n) is 12.6. The molecule has 4 heteroatoms. The maximum atomic E-state index is 13.4. The number of hydrogen-bond donors (Lipinski definition) is 1. The second-order valence-electron chi connectivity index (χ2n) is 5.10. The summed E-state index contributed by atoms with van der Waals surface area (Å²) in [4.78, 5) is 11.7. The van der Waals surface area contributed by atoms with Crippen LogP contribution in [0.2, 0.25) is 0 Å². The van der Waals surface area contributed by atoms with Gasteiger partial charge in [-0.15, -0.1) is 0 Å². The fourth-order valence-electron chi connectivity index (χ4n) is 2.03. The molecule has 0 spiro atoms. The Bertz CT molecular complexity index is 611. The lowest BCUT2D eigenvalue weighted by atomic mass is 10.1. The smallest absolute Gasteiger partial charge is 0.220 e. The molecule has 0 bridgehead atoms. The van der Waals surface area contributed by atoms with Crippen LogP contribution in [0, 0.1) is 12.7 Å².